The van der Waals surface area contributed by atoms with E-state index in [-0.39, 0.29) is 42.3 Å². The maximum atomic E-state index is 11.9. The van der Waals surface area contributed by atoms with Gasteiger partial charge in [0, 0.05) is 44.4 Å². The summed E-state index contributed by atoms with van der Waals surface area (Å²) in [6.07, 6.45) is 1.53. The van der Waals surface area contributed by atoms with Crippen molar-refractivity contribution >= 4 is 53.3 Å². The third-order valence-corrected chi connectivity index (χ3v) is 5.10. The van der Waals surface area contributed by atoms with Crippen LogP contribution in [0.5, 0.6) is 0 Å². The second-order valence-electron chi connectivity index (χ2n) is 7.44. The summed E-state index contributed by atoms with van der Waals surface area (Å²) in [4.78, 5) is 40.6. The van der Waals surface area contributed by atoms with Crippen LogP contribution in [-0.4, -0.2) is 43.8 Å². The van der Waals surface area contributed by atoms with Gasteiger partial charge in [-0.05, 0) is 41.8 Å². The third kappa shape index (κ3) is 7.74. The van der Waals surface area contributed by atoms with Crippen LogP contribution < -0.4 is 26.6 Å². The summed E-state index contributed by atoms with van der Waals surface area (Å²) >= 11 is 0. The van der Waals surface area contributed by atoms with Gasteiger partial charge in [0.05, 0.1) is 6.54 Å². The van der Waals surface area contributed by atoms with Crippen LogP contribution in [0.3, 0.4) is 0 Å². The number of primary amides is 1. The van der Waals surface area contributed by atoms with Gasteiger partial charge in [-0.15, -0.1) is 24.0 Å². The van der Waals surface area contributed by atoms with E-state index in [0.717, 1.165) is 29.8 Å². The fourth-order valence-corrected chi connectivity index (χ4v) is 3.35. The molecule has 1 fully saturated rings. The van der Waals surface area contributed by atoms with E-state index < -0.39 is 5.91 Å². The maximum absolute atomic E-state index is 11.9. The van der Waals surface area contributed by atoms with Crippen molar-refractivity contribution in [2.24, 2.45) is 10.7 Å². The van der Waals surface area contributed by atoms with Crippen molar-refractivity contribution in [1.29, 1.82) is 0 Å². The highest BCUT2D eigenvalue weighted by molar-refractivity contribution is 14.0. The Morgan fingerprint density at radius 2 is 1.55 bits per heavy atom. The number of anilines is 1. The summed E-state index contributed by atoms with van der Waals surface area (Å²) in [5.41, 5.74) is 8.47. The standard InChI is InChI=1S/C23H28N6O3.HI/c1-25-23(27-13-16-4-8-18(9-5-16)22(32)26-15-20(24)30)28-14-17-6-10-19(11-7-17)29-12-2-3-21(29)31;/h4-11H,2-3,12-15H2,1H3,(H2,24,30)(H,26,32)(H2,25,27,28);1H. The molecule has 0 bridgehead atoms. The highest BCUT2D eigenvalue weighted by Crippen LogP contribution is 2.21. The van der Waals surface area contributed by atoms with Crippen molar-refractivity contribution in [3.8, 4) is 0 Å². The highest BCUT2D eigenvalue weighted by atomic mass is 127. The molecule has 0 unspecified atom stereocenters. The van der Waals surface area contributed by atoms with E-state index in [2.05, 4.69) is 20.9 Å². The lowest BCUT2D eigenvalue weighted by atomic mass is 10.1. The van der Waals surface area contributed by atoms with Crippen LogP contribution in [0.2, 0.25) is 0 Å². The topological polar surface area (TPSA) is 129 Å². The smallest absolute Gasteiger partial charge is 0.251 e. The van der Waals surface area contributed by atoms with Gasteiger partial charge in [0.25, 0.3) is 5.91 Å². The quantitative estimate of drug-likeness (QED) is 0.220. The molecule has 0 radical (unpaired) electrons. The number of hydrogen-bond donors (Lipinski definition) is 4. The lowest BCUT2D eigenvalue weighted by molar-refractivity contribution is -0.117. The molecule has 1 saturated heterocycles. The number of benzene rings is 2. The predicted molar refractivity (Wildman–Crippen MR) is 138 cm³/mol. The number of hydrogen-bond acceptors (Lipinski definition) is 4. The van der Waals surface area contributed by atoms with Gasteiger partial charge >= 0.3 is 0 Å². The Kier molecular flexibility index (Phi) is 10.1. The van der Waals surface area contributed by atoms with Crippen molar-refractivity contribution in [1.82, 2.24) is 16.0 Å². The first-order valence-electron chi connectivity index (χ1n) is 10.5. The molecule has 2 aromatic rings. The fraction of sp³-hybridized carbons (Fsp3) is 0.304. The zero-order chi connectivity index (χ0) is 22.9. The molecule has 3 amide bonds. The molecule has 33 heavy (non-hydrogen) atoms. The molecule has 0 aromatic heterocycles. The fourth-order valence-electron chi connectivity index (χ4n) is 3.35. The van der Waals surface area contributed by atoms with E-state index in [9.17, 15) is 14.4 Å². The minimum Gasteiger partial charge on any atom is -0.368 e. The Hall–Kier alpha value is -3.15. The van der Waals surface area contributed by atoms with Crippen molar-refractivity contribution in [3.63, 3.8) is 0 Å². The zero-order valence-corrected chi connectivity index (χ0v) is 20.8. The summed E-state index contributed by atoms with van der Waals surface area (Å²) in [5.74, 6) is -0.108. The number of halogens is 1. The van der Waals surface area contributed by atoms with Gasteiger partial charge in [-0.1, -0.05) is 24.3 Å². The van der Waals surface area contributed by atoms with Gasteiger partial charge in [0.15, 0.2) is 5.96 Å². The number of rotatable bonds is 8. The van der Waals surface area contributed by atoms with Crippen molar-refractivity contribution in [3.05, 3.63) is 65.2 Å². The number of guanidine groups is 1. The molecule has 1 heterocycles. The van der Waals surface area contributed by atoms with E-state index in [1.54, 1.807) is 19.2 Å². The minimum atomic E-state index is -0.587. The van der Waals surface area contributed by atoms with Gasteiger partial charge in [-0.25, -0.2) is 0 Å². The summed E-state index contributed by atoms with van der Waals surface area (Å²) in [7, 11) is 1.70. The van der Waals surface area contributed by atoms with E-state index in [1.807, 2.05) is 41.3 Å². The molecule has 10 heteroatoms. The molecule has 0 saturated carbocycles. The van der Waals surface area contributed by atoms with Crippen molar-refractivity contribution in [2.45, 2.75) is 25.9 Å². The first kappa shape index (κ1) is 26.1. The average molecular weight is 564 g/mol. The lowest BCUT2D eigenvalue weighted by Crippen LogP contribution is -2.36. The van der Waals surface area contributed by atoms with Crippen LogP contribution in [0, 0.1) is 0 Å². The summed E-state index contributed by atoms with van der Waals surface area (Å²) in [6, 6.07) is 15.0. The van der Waals surface area contributed by atoms with E-state index in [1.165, 1.54) is 0 Å². The first-order valence-corrected chi connectivity index (χ1v) is 10.5. The van der Waals surface area contributed by atoms with Gasteiger partial charge in [0.1, 0.15) is 0 Å². The number of aliphatic imine (C=N–C) groups is 1. The van der Waals surface area contributed by atoms with Crippen LogP contribution in [0.15, 0.2) is 53.5 Å². The number of nitrogens with zero attached hydrogens (tertiary/aromatic N) is 2. The van der Waals surface area contributed by atoms with Crippen LogP contribution in [0.1, 0.15) is 34.3 Å². The monoisotopic (exact) mass is 564 g/mol. The van der Waals surface area contributed by atoms with Gasteiger partial charge in [-0.2, -0.15) is 0 Å². The van der Waals surface area contributed by atoms with Crippen LogP contribution in [0.25, 0.3) is 0 Å². The van der Waals surface area contributed by atoms with Gasteiger partial charge < -0.3 is 26.6 Å². The largest absolute Gasteiger partial charge is 0.368 e. The number of carbonyl (C=O) groups excluding carboxylic acids is 3. The maximum Gasteiger partial charge on any atom is 0.251 e. The Morgan fingerprint density at radius 3 is 2.03 bits per heavy atom. The number of nitrogens with one attached hydrogen (secondary N) is 3. The SMILES string of the molecule is CN=C(NCc1ccc(C(=O)NCC(N)=O)cc1)NCc1ccc(N2CCCC2=O)cc1.I. The molecular formula is C23H29IN6O3. The van der Waals surface area contributed by atoms with Crippen LogP contribution >= 0.6 is 24.0 Å². The molecule has 0 atom stereocenters. The normalized spacial score (nSPS) is 13.3. The van der Waals surface area contributed by atoms with Crippen LogP contribution in [0.4, 0.5) is 5.69 Å². The number of nitrogens with two attached hydrogens (primary N) is 1. The molecule has 9 nitrogen and oxygen atoms in total. The number of amides is 3. The summed E-state index contributed by atoms with van der Waals surface area (Å²) in [6.45, 7) is 1.71. The van der Waals surface area contributed by atoms with Crippen LogP contribution in [-0.2, 0) is 22.7 Å². The molecule has 3 rings (SSSR count). The molecule has 0 aliphatic carbocycles. The minimum absolute atomic E-state index is 0. The zero-order valence-electron chi connectivity index (χ0n) is 18.5. The number of carbonyl (C=O) groups is 3. The second-order valence-corrected chi connectivity index (χ2v) is 7.44. The van der Waals surface area contributed by atoms with E-state index in [4.69, 9.17) is 5.73 Å². The Morgan fingerprint density at radius 1 is 0.970 bits per heavy atom. The lowest BCUT2D eigenvalue weighted by Gasteiger charge is -2.16. The first-order chi connectivity index (χ1) is 15.5. The molecule has 1 aliphatic heterocycles. The molecule has 176 valence electrons. The third-order valence-electron chi connectivity index (χ3n) is 5.10. The van der Waals surface area contributed by atoms with Gasteiger partial charge in [0.2, 0.25) is 11.8 Å². The van der Waals surface area contributed by atoms with Crippen molar-refractivity contribution < 1.29 is 14.4 Å². The Bertz CT molecular complexity index is 992. The highest BCUT2D eigenvalue weighted by Gasteiger charge is 2.21. The Balaban J connectivity index is 0.00000385. The summed E-state index contributed by atoms with van der Waals surface area (Å²) in [5, 5.41) is 8.95. The molecule has 1 aliphatic rings. The van der Waals surface area contributed by atoms with E-state index in [0.29, 0.717) is 31.0 Å². The Labute approximate surface area is 210 Å². The van der Waals surface area contributed by atoms with Gasteiger partial charge in [-0.3, -0.25) is 19.4 Å². The average Bonchev–Trinajstić information content (AvgIpc) is 3.24. The summed E-state index contributed by atoms with van der Waals surface area (Å²) < 4.78 is 0. The second kappa shape index (κ2) is 12.8. The molecule has 0 spiro atoms. The molecule has 5 N–H and O–H groups in total. The predicted octanol–water partition coefficient (Wildman–Crippen LogP) is 1.51. The molecular weight excluding hydrogens is 535 g/mol. The molecule has 2 aromatic carbocycles. The van der Waals surface area contributed by atoms with Crippen molar-refractivity contribution in [2.75, 3.05) is 25.0 Å². The van der Waals surface area contributed by atoms with E-state index >= 15 is 0 Å².